The minimum absolute atomic E-state index is 0.390. The lowest BCUT2D eigenvalue weighted by Crippen LogP contribution is -2.41. The smallest absolute Gasteiger partial charge is 0.161 e. The number of nitrogens with one attached hydrogen (secondary N) is 1. The Morgan fingerprint density at radius 2 is 2.03 bits per heavy atom. The van der Waals surface area contributed by atoms with Crippen molar-refractivity contribution in [2.45, 2.75) is 57.4 Å². The summed E-state index contributed by atoms with van der Waals surface area (Å²) in [6, 6.07) is 7.16. The number of fused-ring (bicyclic) bond motifs is 3. The Labute approximate surface area is 186 Å². The zero-order chi connectivity index (χ0) is 21.6. The first-order valence-corrected chi connectivity index (χ1v) is 11.8. The molecule has 1 N–H and O–H groups in total. The summed E-state index contributed by atoms with van der Waals surface area (Å²) < 4.78 is 17.0. The van der Waals surface area contributed by atoms with Crippen molar-refractivity contribution in [3.63, 3.8) is 0 Å². The molecule has 6 nitrogen and oxygen atoms in total. The van der Waals surface area contributed by atoms with E-state index in [1.165, 1.54) is 24.8 Å². The zero-order valence-electron chi connectivity index (χ0n) is 18.9. The second-order valence-electron chi connectivity index (χ2n) is 8.69. The zero-order valence-corrected chi connectivity index (χ0v) is 18.9. The van der Waals surface area contributed by atoms with Gasteiger partial charge in [-0.25, -0.2) is 0 Å². The summed E-state index contributed by atoms with van der Waals surface area (Å²) in [4.78, 5) is 2.43. The molecule has 0 spiro atoms. The normalized spacial score (nSPS) is 24.9. The maximum absolute atomic E-state index is 10.1. The Balaban J connectivity index is 1.65. The van der Waals surface area contributed by atoms with E-state index in [1.54, 1.807) is 7.11 Å². The number of hydrogen-bond donors (Lipinski definition) is 1. The van der Waals surface area contributed by atoms with Crippen LogP contribution in [0.25, 0.3) is 5.70 Å². The van der Waals surface area contributed by atoms with Crippen molar-refractivity contribution in [1.29, 1.82) is 5.26 Å². The van der Waals surface area contributed by atoms with Crippen LogP contribution in [0.15, 0.2) is 17.7 Å². The molecule has 1 saturated heterocycles. The van der Waals surface area contributed by atoms with Crippen molar-refractivity contribution in [3.05, 3.63) is 28.8 Å². The van der Waals surface area contributed by atoms with E-state index in [1.807, 2.05) is 6.92 Å². The van der Waals surface area contributed by atoms with Gasteiger partial charge in [0, 0.05) is 30.6 Å². The van der Waals surface area contributed by atoms with Crippen LogP contribution in [0.4, 0.5) is 0 Å². The van der Waals surface area contributed by atoms with Crippen LogP contribution in [0.1, 0.15) is 62.5 Å². The number of rotatable bonds is 7. The molecular formula is C25H35N3O3. The molecule has 0 aromatic heterocycles. The highest BCUT2D eigenvalue weighted by Crippen LogP contribution is 2.46. The second-order valence-corrected chi connectivity index (χ2v) is 8.69. The van der Waals surface area contributed by atoms with Crippen LogP contribution in [0.3, 0.4) is 0 Å². The average molecular weight is 426 g/mol. The number of hydrogen-bond acceptors (Lipinski definition) is 6. The van der Waals surface area contributed by atoms with Crippen LogP contribution in [-0.4, -0.2) is 57.5 Å². The maximum Gasteiger partial charge on any atom is 0.161 e. The fourth-order valence-corrected chi connectivity index (χ4v) is 5.26. The van der Waals surface area contributed by atoms with Gasteiger partial charge in [-0.1, -0.05) is 12.8 Å². The van der Waals surface area contributed by atoms with E-state index < -0.39 is 0 Å². The Hall–Kier alpha value is -2.23. The van der Waals surface area contributed by atoms with Crippen molar-refractivity contribution in [2.75, 3.05) is 46.6 Å². The minimum Gasteiger partial charge on any atom is -0.493 e. The van der Waals surface area contributed by atoms with Gasteiger partial charge in [0.05, 0.1) is 44.3 Å². The van der Waals surface area contributed by atoms with Gasteiger partial charge in [0.25, 0.3) is 0 Å². The van der Waals surface area contributed by atoms with Gasteiger partial charge in [-0.05, 0) is 56.8 Å². The van der Waals surface area contributed by atoms with Crippen molar-refractivity contribution < 1.29 is 14.2 Å². The molecule has 0 amide bonds. The fourth-order valence-electron chi connectivity index (χ4n) is 5.26. The molecule has 4 rings (SSSR count). The van der Waals surface area contributed by atoms with Crippen LogP contribution in [0, 0.1) is 11.3 Å². The van der Waals surface area contributed by atoms with Crippen LogP contribution >= 0.6 is 0 Å². The third-order valence-corrected chi connectivity index (χ3v) is 6.84. The lowest BCUT2D eigenvalue weighted by atomic mass is 9.74. The number of nitrogens with zero attached hydrogens (tertiary/aromatic N) is 2. The van der Waals surface area contributed by atoms with E-state index >= 15 is 0 Å². The quantitative estimate of drug-likeness (QED) is 0.665. The van der Waals surface area contributed by atoms with E-state index in [4.69, 9.17) is 14.2 Å². The summed E-state index contributed by atoms with van der Waals surface area (Å²) in [6.45, 7) is 7.21. The van der Waals surface area contributed by atoms with Crippen molar-refractivity contribution in [1.82, 2.24) is 10.2 Å². The minimum atomic E-state index is 0.390. The summed E-state index contributed by atoms with van der Waals surface area (Å²) in [5, 5.41) is 13.8. The summed E-state index contributed by atoms with van der Waals surface area (Å²) in [5.41, 5.74) is 4.28. The third-order valence-electron chi connectivity index (χ3n) is 6.84. The van der Waals surface area contributed by atoms with Crippen LogP contribution in [-0.2, 0) is 4.74 Å². The molecule has 2 aliphatic heterocycles. The Morgan fingerprint density at radius 1 is 1.23 bits per heavy atom. The first-order chi connectivity index (χ1) is 15.2. The van der Waals surface area contributed by atoms with E-state index in [-0.39, 0.29) is 0 Å². The summed E-state index contributed by atoms with van der Waals surface area (Å²) in [5.74, 6) is 2.01. The maximum atomic E-state index is 10.1. The van der Waals surface area contributed by atoms with Crippen LogP contribution in [0.5, 0.6) is 11.5 Å². The average Bonchev–Trinajstić information content (AvgIpc) is 2.82. The monoisotopic (exact) mass is 425 g/mol. The number of ether oxygens (including phenoxy) is 3. The topological polar surface area (TPSA) is 66.8 Å². The van der Waals surface area contributed by atoms with E-state index in [0.717, 1.165) is 80.4 Å². The molecule has 1 aromatic carbocycles. The molecule has 6 heteroatoms. The molecule has 1 aromatic rings. The van der Waals surface area contributed by atoms with Gasteiger partial charge >= 0.3 is 0 Å². The number of allylic oxidation sites excluding steroid dienone is 1. The second kappa shape index (κ2) is 10.4. The molecule has 0 bridgehead atoms. The molecule has 2 atom stereocenters. The number of methoxy groups -OCH3 is 1. The SMILES string of the molecule is CCOc1cc2c(cc1OC)C(=C(C#N)CCCN1CCOCC1)N[C@@H]1CCCC[C@H]21. The van der Waals surface area contributed by atoms with E-state index in [9.17, 15) is 5.26 Å². The third kappa shape index (κ3) is 4.83. The van der Waals surface area contributed by atoms with Gasteiger partial charge < -0.3 is 19.5 Å². The predicted octanol–water partition coefficient (Wildman–Crippen LogP) is 4.07. The molecule has 0 unspecified atom stereocenters. The lowest BCUT2D eigenvalue weighted by molar-refractivity contribution is 0.0375. The summed E-state index contributed by atoms with van der Waals surface area (Å²) >= 11 is 0. The van der Waals surface area contributed by atoms with E-state index in [2.05, 4.69) is 28.4 Å². The van der Waals surface area contributed by atoms with E-state index in [0.29, 0.717) is 18.6 Å². The van der Waals surface area contributed by atoms with Gasteiger partial charge in [0.2, 0.25) is 0 Å². The standard InChI is InChI=1S/C25H35N3O3/c1-3-31-24-15-20-19-8-4-5-9-22(19)27-25(21(20)16-23(24)29-2)18(17-26)7-6-10-28-11-13-30-14-12-28/h15-16,19,22,27H,3-14H2,1-2H3/t19-,22-/m1/s1. The Morgan fingerprint density at radius 3 is 2.77 bits per heavy atom. The molecule has 168 valence electrons. The molecule has 3 aliphatic rings. The van der Waals surface area contributed by atoms with Gasteiger partial charge in [0.1, 0.15) is 0 Å². The molecule has 0 radical (unpaired) electrons. The van der Waals surface area contributed by atoms with Gasteiger partial charge in [-0.15, -0.1) is 0 Å². The first-order valence-electron chi connectivity index (χ1n) is 11.8. The number of nitriles is 1. The Kier molecular flexibility index (Phi) is 7.37. The lowest BCUT2D eigenvalue weighted by Gasteiger charge is -2.40. The largest absolute Gasteiger partial charge is 0.493 e. The summed E-state index contributed by atoms with van der Waals surface area (Å²) in [7, 11) is 1.68. The highest BCUT2D eigenvalue weighted by molar-refractivity contribution is 5.77. The van der Waals surface area contributed by atoms with Crippen molar-refractivity contribution in [3.8, 4) is 17.6 Å². The first kappa shape index (κ1) is 22.0. The van der Waals surface area contributed by atoms with Gasteiger partial charge in [0.15, 0.2) is 11.5 Å². The number of benzene rings is 1. The van der Waals surface area contributed by atoms with Gasteiger partial charge in [-0.3, -0.25) is 4.90 Å². The van der Waals surface area contributed by atoms with Crippen LogP contribution < -0.4 is 14.8 Å². The van der Waals surface area contributed by atoms with Gasteiger partial charge in [-0.2, -0.15) is 5.26 Å². The highest BCUT2D eigenvalue weighted by atomic mass is 16.5. The van der Waals surface area contributed by atoms with Crippen molar-refractivity contribution in [2.24, 2.45) is 0 Å². The molecule has 1 saturated carbocycles. The van der Waals surface area contributed by atoms with Crippen LogP contribution in [0.2, 0.25) is 0 Å². The molecule has 2 heterocycles. The number of morpholine rings is 1. The molecule has 2 fully saturated rings. The molecule has 31 heavy (non-hydrogen) atoms. The molecule has 1 aliphatic carbocycles. The highest BCUT2D eigenvalue weighted by Gasteiger charge is 2.35. The fraction of sp³-hybridized carbons (Fsp3) is 0.640. The predicted molar refractivity (Wildman–Crippen MR) is 121 cm³/mol. The Bertz CT molecular complexity index is 839. The van der Waals surface area contributed by atoms with Crippen molar-refractivity contribution >= 4 is 5.70 Å². The summed E-state index contributed by atoms with van der Waals surface area (Å²) in [6.07, 6.45) is 6.57. The molecular weight excluding hydrogens is 390 g/mol.